The molecule has 2 rings (SSSR count). The molecule has 2 amide bonds. The van der Waals surface area contributed by atoms with E-state index in [1.54, 1.807) is 6.92 Å². The Morgan fingerprint density at radius 2 is 1.93 bits per heavy atom. The van der Waals surface area contributed by atoms with Crippen LogP contribution in [0.2, 0.25) is 0 Å². The maximum absolute atomic E-state index is 12.4. The minimum Gasteiger partial charge on any atom is -0.481 e. The zero-order chi connectivity index (χ0) is 20.2. The third kappa shape index (κ3) is 6.25. The lowest BCUT2D eigenvalue weighted by atomic mass is 9.87. The van der Waals surface area contributed by atoms with Gasteiger partial charge in [0.2, 0.25) is 5.91 Å². The average molecular weight is 408 g/mol. The molecule has 1 heterocycles. The Balaban J connectivity index is 1.95. The second kappa shape index (κ2) is 8.75. The molecule has 0 aliphatic heterocycles. The zero-order valence-corrected chi connectivity index (χ0v) is 17.8. The van der Waals surface area contributed by atoms with Crippen molar-refractivity contribution in [3.8, 4) is 5.75 Å². The zero-order valence-electron chi connectivity index (χ0n) is 16.2. The molecule has 3 N–H and O–H groups in total. The van der Waals surface area contributed by atoms with Crippen molar-refractivity contribution in [3.63, 3.8) is 0 Å². The predicted octanol–water partition coefficient (Wildman–Crippen LogP) is 3.73. The smallest absolute Gasteiger partial charge is 0.266 e. The summed E-state index contributed by atoms with van der Waals surface area (Å²) in [7, 11) is 0. The normalized spacial score (nSPS) is 12.5. The van der Waals surface area contributed by atoms with Gasteiger partial charge in [-0.1, -0.05) is 44.2 Å². The van der Waals surface area contributed by atoms with Crippen LogP contribution in [0.5, 0.6) is 5.75 Å². The molecule has 1 unspecified atom stereocenters. The van der Waals surface area contributed by atoms with Crippen molar-refractivity contribution < 1.29 is 14.3 Å². The van der Waals surface area contributed by atoms with Gasteiger partial charge in [-0.15, -0.1) is 11.8 Å². The first-order valence-electron chi connectivity index (χ1n) is 8.53. The minimum absolute atomic E-state index is 0.0639. The van der Waals surface area contributed by atoms with Gasteiger partial charge in [0, 0.05) is 0 Å². The monoisotopic (exact) mass is 407 g/mol. The number of amides is 2. The van der Waals surface area contributed by atoms with Crippen LogP contribution < -0.4 is 15.8 Å². The largest absolute Gasteiger partial charge is 0.481 e. The lowest BCUT2D eigenvalue weighted by Crippen LogP contribution is -2.30. The summed E-state index contributed by atoms with van der Waals surface area (Å²) < 4.78 is 6.59. The predicted molar refractivity (Wildman–Crippen MR) is 111 cm³/mol. The number of ether oxygens (including phenoxy) is 1. The van der Waals surface area contributed by atoms with E-state index in [4.69, 9.17) is 10.5 Å². The van der Waals surface area contributed by atoms with Crippen LogP contribution in [0, 0.1) is 6.92 Å². The van der Waals surface area contributed by atoms with Crippen LogP contribution in [0.4, 0.5) is 5.13 Å². The first kappa shape index (κ1) is 21.2. The number of nitrogens with one attached hydrogen (secondary N) is 1. The second-order valence-corrected chi connectivity index (χ2v) is 9.41. The number of aryl methyl sites for hydroxylation is 1. The molecule has 8 heteroatoms. The average Bonchev–Trinajstić information content (AvgIpc) is 2.92. The van der Waals surface area contributed by atoms with Crippen LogP contribution in [0.3, 0.4) is 0 Å². The number of nitrogens with zero attached hydrogens (tertiary/aromatic N) is 1. The van der Waals surface area contributed by atoms with E-state index in [2.05, 4.69) is 31.1 Å². The Kier molecular flexibility index (Phi) is 6.89. The summed E-state index contributed by atoms with van der Waals surface area (Å²) in [6.45, 7) is 9.95. The summed E-state index contributed by atoms with van der Waals surface area (Å²) in [5.74, 6) is 0.146. The number of aromatic nitrogens is 1. The first-order chi connectivity index (χ1) is 12.6. The van der Waals surface area contributed by atoms with Gasteiger partial charge in [-0.25, -0.2) is 4.98 Å². The maximum Gasteiger partial charge on any atom is 0.266 e. The van der Waals surface area contributed by atoms with E-state index in [0.717, 1.165) is 9.90 Å². The Morgan fingerprint density at radius 3 is 2.48 bits per heavy atom. The highest BCUT2D eigenvalue weighted by molar-refractivity contribution is 8.01. The van der Waals surface area contributed by atoms with Crippen LogP contribution in [0.25, 0.3) is 0 Å². The molecular formula is C19H25N3O3S2. The van der Waals surface area contributed by atoms with Crippen molar-refractivity contribution in [1.82, 2.24) is 4.98 Å². The lowest BCUT2D eigenvalue weighted by Gasteiger charge is -2.20. The fourth-order valence-corrected chi connectivity index (χ4v) is 4.08. The summed E-state index contributed by atoms with van der Waals surface area (Å²) in [5, 5.41) is 3.24. The first-order valence-corrected chi connectivity index (χ1v) is 10.3. The SMILES string of the molecule is Cc1nc(NC(=O)C(C)Oc2ccc(C(C)(C)C)cc2)sc1SCC(N)=O. The minimum atomic E-state index is -0.670. The van der Waals surface area contributed by atoms with Crippen molar-refractivity contribution in [2.75, 3.05) is 11.1 Å². The van der Waals surface area contributed by atoms with Crippen molar-refractivity contribution in [3.05, 3.63) is 35.5 Å². The van der Waals surface area contributed by atoms with Gasteiger partial charge >= 0.3 is 0 Å². The molecule has 146 valence electrons. The van der Waals surface area contributed by atoms with Gasteiger partial charge in [0.15, 0.2) is 11.2 Å². The summed E-state index contributed by atoms with van der Waals surface area (Å²) in [6, 6.07) is 7.76. The highest BCUT2D eigenvalue weighted by Gasteiger charge is 2.19. The Bertz CT molecular complexity index is 811. The van der Waals surface area contributed by atoms with Crippen LogP contribution in [-0.2, 0) is 15.0 Å². The van der Waals surface area contributed by atoms with E-state index in [9.17, 15) is 9.59 Å². The molecule has 0 aliphatic rings. The third-order valence-corrected chi connectivity index (χ3v) is 6.19. The summed E-state index contributed by atoms with van der Waals surface area (Å²) in [4.78, 5) is 27.6. The number of anilines is 1. The number of thioether (sulfide) groups is 1. The van der Waals surface area contributed by atoms with E-state index in [0.29, 0.717) is 10.9 Å². The van der Waals surface area contributed by atoms with Gasteiger partial charge in [0.25, 0.3) is 5.91 Å². The number of nitrogens with two attached hydrogens (primary N) is 1. The van der Waals surface area contributed by atoms with E-state index in [1.165, 1.54) is 28.7 Å². The van der Waals surface area contributed by atoms with Gasteiger partial charge in [-0.05, 0) is 37.0 Å². The molecular weight excluding hydrogens is 382 g/mol. The number of benzene rings is 1. The Hall–Kier alpha value is -2.06. The molecule has 0 saturated carbocycles. The number of primary amides is 1. The second-order valence-electron chi connectivity index (χ2n) is 7.17. The number of thiazole rings is 1. The molecule has 0 fully saturated rings. The topological polar surface area (TPSA) is 94.3 Å². The van der Waals surface area contributed by atoms with Crippen molar-refractivity contribution >= 4 is 40.0 Å². The Labute approximate surface area is 167 Å². The quantitative estimate of drug-likeness (QED) is 0.682. The molecule has 1 aromatic carbocycles. The summed E-state index contributed by atoms with van der Waals surface area (Å²) in [6.07, 6.45) is -0.670. The van der Waals surface area contributed by atoms with Crippen LogP contribution in [0.1, 0.15) is 39.0 Å². The highest BCUT2D eigenvalue weighted by atomic mass is 32.2. The molecule has 0 bridgehead atoms. The van der Waals surface area contributed by atoms with Gasteiger partial charge in [0.1, 0.15) is 5.75 Å². The van der Waals surface area contributed by atoms with Gasteiger partial charge in [0.05, 0.1) is 15.7 Å². The van der Waals surface area contributed by atoms with E-state index in [1.807, 2.05) is 31.2 Å². The molecule has 0 radical (unpaired) electrons. The van der Waals surface area contributed by atoms with E-state index in [-0.39, 0.29) is 17.1 Å². The number of hydrogen-bond donors (Lipinski definition) is 2. The Morgan fingerprint density at radius 1 is 1.30 bits per heavy atom. The van der Waals surface area contributed by atoms with Crippen LogP contribution in [0.15, 0.2) is 28.5 Å². The summed E-state index contributed by atoms with van der Waals surface area (Å²) in [5.41, 5.74) is 7.18. The molecule has 0 saturated heterocycles. The van der Waals surface area contributed by atoms with Gasteiger partial charge in [-0.2, -0.15) is 0 Å². The maximum atomic E-state index is 12.4. The number of hydrogen-bond acceptors (Lipinski definition) is 6. The van der Waals surface area contributed by atoms with Crippen LogP contribution in [-0.4, -0.2) is 28.7 Å². The van der Waals surface area contributed by atoms with E-state index < -0.39 is 12.0 Å². The molecule has 27 heavy (non-hydrogen) atoms. The van der Waals surface area contributed by atoms with Crippen LogP contribution >= 0.6 is 23.1 Å². The van der Waals surface area contributed by atoms with Crippen molar-refractivity contribution in [2.45, 2.75) is 50.3 Å². The van der Waals surface area contributed by atoms with Gasteiger partial charge in [-0.3, -0.25) is 14.9 Å². The molecule has 2 aromatic rings. The standard InChI is InChI=1S/C19H25N3O3S2/c1-11-17(26-10-15(20)23)27-18(21-11)22-16(24)12(2)25-14-8-6-13(7-9-14)19(3,4)5/h6-9,12H,10H2,1-5H3,(H2,20,23)(H,21,22,24). The highest BCUT2D eigenvalue weighted by Crippen LogP contribution is 2.32. The third-order valence-electron chi connectivity index (χ3n) is 3.73. The summed E-state index contributed by atoms with van der Waals surface area (Å²) >= 11 is 2.63. The number of carbonyl (C=O) groups excluding carboxylic acids is 2. The van der Waals surface area contributed by atoms with Crippen molar-refractivity contribution in [2.24, 2.45) is 5.73 Å². The molecule has 0 aliphatic carbocycles. The lowest BCUT2D eigenvalue weighted by molar-refractivity contribution is -0.122. The molecule has 0 spiro atoms. The molecule has 6 nitrogen and oxygen atoms in total. The molecule has 1 aromatic heterocycles. The number of carbonyl (C=O) groups is 2. The van der Waals surface area contributed by atoms with Gasteiger partial charge < -0.3 is 10.5 Å². The molecule has 1 atom stereocenters. The fraction of sp³-hybridized carbons (Fsp3) is 0.421. The fourth-order valence-electron chi connectivity index (χ4n) is 2.20. The van der Waals surface area contributed by atoms with E-state index >= 15 is 0 Å². The van der Waals surface area contributed by atoms with Crippen molar-refractivity contribution in [1.29, 1.82) is 0 Å². The number of rotatable bonds is 7.